The Balaban J connectivity index is 4.60. The third kappa shape index (κ3) is 6.77. The van der Waals surface area contributed by atoms with E-state index in [0.717, 1.165) is 6.16 Å². The maximum Gasteiger partial charge on any atom is 0.346 e. The van der Waals surface area contributed by atoms with Gasteiger partial charge in [-0.05, 0) is 20.8 Å². The summed E-state index contributed by atoms with van der Waals surface area (Å²) in [6.07, 6.45) is 0.726. The minimum Gasteiger partial charge on any atom is -0.463 e. The zero-order chi connectivity index (χ0) is 13.3. The first-order valence-corrected chi connectivity index (χ1v) is 10.1. The summed E-state index contributed by atoms with van der Waals surface area (Å²) < 4.78 is 15.9. The first-order chi connectivity index (χ1) is 8.02. The summed E-state index contributed by atoms with van der Waals surface area (Å²) in [5.74, 6) is -0.373. The molecule has 0 aromatic carbocycles. The van der Waals surface area contributed by atoms with Crippen LogP contribution in [0.5, 0.6) is 0 Å². The predicted molar refractivity (Wildman–Crippen MR) is 76.1 cm³/mol. The molecule has 2 unspecified atom stereocenters. The first-order valence-electron chi connectivity index (χ1n) is 5.73. The third-order valence-corrected chi connectivity index (χ3v) is 8.53. The van der Waals surface area contributed by atoms with E-state index in [1.807, 2.05) is 20.8 Å². The van der Waals surface area contributed by atoms with E-state index in [4.69, 9.17) is 25.8 Å². The highest BCUT2D eigenvalue weighted by molar-refractivity contribution is 8.69. The largest absolute Gasteiger partial charge is 0.463 e. The van der Waals surface area contributed by atoms with Gasteiger partial charge in [-0.3, -0.25) is 0 Å². The topological polar surface area (TPSA) is 44.8 Å². The van der Waals surface area contributed by atoms with Crippen molar-refractivity contribution in [2.45, 2.75) is 33.1 Å². The zero-order valence-electron chi connectivity index (χ0n) is 10.8. The van der Waals surface area contributed by atoms with Crippen molar-refractivity contribution in [3.8, 4) is 0 Å². The predicted octanol–water partition coefficient (Wildman–Crippen LogP) is 3.01. The second-order valence-electron chi connectivity index (χ2n) is 2.99. The standard InChI is InChI=1S/C10H21O4PS2/c1-5-12-9(11)10(13-6-2)17-15(16,8-4)14-7-3/h10H,5-8H2,1-4H3. The van der Waals surface area contributed by atoms with Gasteiger partial charge in [-0.2, -0.15) is 0 Å². The third-order valence-electron chi connectivity index (χ3n) is 1.77. The van der Waals surface area contributed by atoms with E-state index < -0.39 is 10.9 Å². The van der Waals surface area contributed by atoms with Gasteiger partial charge in [-0.25, -0.2) is 4.79 Å². The Kier molecular flexibility index (Phi) is 9.55. The van der Waals surface area contributed by atoms with Gasteiger partial charge >= 0.3 is 5.97 Å². The summed E-state index contributed by atoms with van der Waals surface area (Å²) in [5, 5.41) is 0. The molecule has 0 aliphatic heterocycles. The highest BCUT2D eigenvalue weighted by Gasteiger charge is 2.29. The fraction of sp³-hybridized carbons (Fsp3) is 0.900. The van der Waals surface area contributed by atoms with Crippen molar-refractivity contribution in [1.29, 1.82) is 0 Å². The van der Waals surface area contributed by atoms with Crippen LogP contribution in [0.2, 0.25) is 0 Å². The van der Waals surface area contributed by atoms with E-state index in [1.165, 1.54) is 11.4 Å². The molecule has 4 nitrogen and oxygen atoms in total. The van der Waals surface area contributed by atoms with Gasteiger partial charge in [0.15, 0.2) is 0 Å². The van der Waals surface area contributed by atoms with E-state index in [0.29, 0.717) is 19.8 Å². The van der Waals surface area contributed by atoms with Crippen molar-refractivity contribution in [3.05, 3.63) is 0 Å². The molecular weight excluding hydrogens is 279 g/mol. The zero-order valence-corrected chi connectivity index (χ0v) is 13.3. The van der Waals surface area contributed by atoms with Crippen LogP contribution >= 0.6 is 16.8 Å². The SMILES string of the molecule is CCOC(=O)C(OCC)SP(=S)(CC)OCC. The Morgan fingerprint density at radius 2 is 1.88 bits per heavy atom. The number of rotatable bonds is 9. The van der Waals surface area contributed by atoms with Crippen molar-refractivity contribution >= 4 is 34.6 Å². The van der Waals surface area contributed by atoms with Crippen molar-refractivity contribution in [1.82, 2.24) is 0 Å². The van der Waals surface area contributed by atoms with Crippen LogP contribution in [-0.4, -0.2) is 37.4 Å². The van der Waals surface area contributed by atoms with E-state index in [-0.39, 0.29) is 5.97 Å². The van der Waals surface area contributed by atoms with Gasteiger partial charge in [0.1, 0.15) is 5.47 Å². The summed E-state index contributed by atoms with van der Waals surface area (Å²) in [6, 6.07) is 0. The second-order valence-corrected chi connectivity index (χ2v) is 10.6. The van der Waals surface area contributed by atoms with Gasteiger partial charge < -0.3 is 14.0 Å². The molecule has 102 valence electrons. The molecule has 0 saturated heterocycles. The van der Waals surface area contributed by atoms with E-state index in [2.05, 4.69) is 0 Å². The van der Waals surface area contributed by atoms with Crippen LogP contribution in [0.3, 0.4) is 0 Å². The summed E-state index contributed by atoms with van der Waals surface area (Å²) >= 11 is 6.76. The maximum atomic E-state index is 11.7. The van der Waals surface area contributed by atoms with Gasteiger partial charge in [0.25, 0.3) is 0 Å². The van der Waals surface area contributed by atoms with Gasteiger partial charge in [0.05, 0.1) is 6.61 Å². The van der Waals surface area contributed by atoms with Crippen LogP contribution in [0.15, 0.2) is 0 Å². The summed E-state index contributed by atoms with van der Waals surface area (Å²) in [7, 11) is 0. The monoisotopic (exact) mass is 300 g/mol. The Hall–Kier alpha value is 0.390. The molecule has 0 radical (unpaired) electrons. The number of ether oxygens (including phenoxy) is 2. The minimum atomic E-state index is -2.04. The maximum absolute atomic E-state index is 11.7. The smallest absolute Gasteiger partial charge is 0.346 e. The average Bonchev–Trinajstić information content (AvgIpc) is 2.29. The van der Waals surface area contributed by atoms with E-state index >= 15 is 0 Å². The van der Waals surface area contributed by atoms with Gasteiger partial charge in [-0.15, -0.1) is 0 Å². The molecule has 0 saturated carbocycles. The van der Waals surface area contributed by atoms with Crippen molar-refractivity contribution in [3.63, 3.8) is 0 Å². The number of carbonyl (C=O) groups is 1. The Labute approximate surface area is 113 Å². The number of hydrogen-bond acceptors (Lipinski definition) is 6. The minimum absolute atomic E-state index is 0.340. The lowest BCUT2D eigenvalue weighted by atomic mass is 10.7. The summed E-state index contributed by atoms with van der Waals surface area (Å²) in [5.41, 5.74) is -2.71. The molecule has 0 N–H and O–H groups in total. The molecule has 0 fully saturated rings. The van der Waals surface area contributed by atoms with Crippen molar-refractivity contribution in [2.24, 2.45) is 0 Å². The van der Waals surface area contributed by atoms with Crippen LogP contribution < -0.4 is 0 Å². The highest BCUT2D eigenvalue weighted by Crippen LogP contribution is 2.61. The lowest BCUT2D eigenvalue weighted by Crippen LogP contribution is -2.23. The molecule has 0 spiro atoms. The Bertz CT molecular complexity index is 273. The van der Waals surface area contributed by atoms with Crippen molar-refractivity contribution in [2.75, 3.05) is 26.0 Å². The Morgan fingerprint density at radius 1 is 1.24 bits per heavy atom. The van der Waals surface area contributed by atoms with Gasteiger partial charge in [0, 0.05) is 19.4 Å². The first kappa shape index (κ1) is 17.4. The molecule has 0 bridgehead atoms. The summed E-state index contributed by atoms with van der Waals surface area (Å²) in [4.78, 5) is 11.7. The fourth-order valence-electron chi connectivity index (χ4n) is 1.04. The fourth-order valence-corrected chi connectivity index (χ4v) is 5.75. The lowest BCUT2D eigenvalue weighted by Gasteiger charge is -2.23. The van der Waals surface area contributed by atoms with Crippen LogP contribution in [0.25, 0.3) is 0 Å². The summed E-state index contributed by atoms with van der Waals surface area (Å²) in [6.45, 7) is 8.82. The molecule has 17 heavy (non-hydrogen) atoms. The van der Waals surface area contributed by atoms with Crippen LogP contribution in [0.4, 0.5) is 0 Å². The van der Waals surface area contributed by atoms with Crippen LogP contribution in [0, 0.1) is 0 Å². The molecule has 0 aromatic rings. The second kappa shape index (κ2) is 9.34. The number of esters is 1. The van der Waals surface area contributed by atoms with Gasteiger partial charge in [0.2, 0.25) is 5.44 Å². The molecular formula is C10H21O4PS2. The molecule has 7 heteroatoms. The molecule has 2 atom stereocenters. The molecule has 0 aliphatic rings. The van der Waals surface area contributed by atoms with Crippen LogP contribution in [0.1, 0.15) is 27.7 Å². The highest BCUT2D eigenvalue weighted by atomic mass is 32.9. The number of hydrogen-bond donors (Lipinski definition) is 0. The Morgan fingerprint density at radius 3 is 2.29 bits per heavy atom. The van der Waals surface area contributed by atoms with E-state index in [9.17, 15) is 4.79 Å². The molecule has 0 rings (SSSR count). The van der Waals surface area contributed by atoms with Crippen molar-refractivity contribution < 1.29 is 18.8 Å². The molecule has 0 amide bonds. The lowest BCUT2D eigenvalue weighted by molar-refractivity contribution is -0.150. The number of carbonyl (C=O) groups excluding carboxylic acids is 1. The average molecular weight is 300 g/mol. The quantitative estimate of drug-likeness (QED) is 0.370. The van der Waals surface area contributed by atoms with E-state index in [1.54, 1.807) is 6.92 Å². The van der Waals surface area contributed by atoms with Gasteiger partial charge in [-0.1, -0.05) is 30.1 Å². The molecule has 0 aromatic heterocycles. The molecule has 0 heterocycles. The van der Waals surface area contributed by atoms with Crippen LogP contribution in [-0.2, 0) is 30.6 Å². The normalized spacial score (nSPS) is 16.2. The molecule has 0 aliphatic carbocycles.